The topological polar surface area (TPSA) is 289 Å². The van der Waals surface area contributed by atoms with Crippen LogP contribution in [-0.2, 0) is 33.6 Å². The van der Waals surface area contributed by atoms with Gasteiger partial charge >= 0.3 is 17.9 Å². The maximum absolute atomic E-state index is 12.7. The van der Waals surface area contributed by atoms with Gasteiger partial charge in [-0.1, -0.05) is 0 Å². The number of aliphatic hydroxyl groups excluding tert-OH is 1. The summed E-state index contributed by atoms with van der Waals surface area (Å²) >= 11 is 0. The van der Waals surface area contributed by atoms with Gasteiger partial charge in [0.05, 0.1) is 12.1 Å². The number of nitrogens with one attached hydrogen (secondary N) is 3. The SMILES string of the molecule is CC(O)C(NC(=O)C(CCC(=O)O)NC(=O)C(N)CCC(N)=O)C(=O)NC(CCC(=O)O)C(=O)O. The minimum absolute atomic E-state index is 0.153. The van der Waals surface area contributed by atoms with Gasteiger partial charge in [-0.2, -0.15) is 0 Å². The van der Waals surface area contributed by atoms with Crippen LogP contribution in [0, 0.1) is 0 Å². The maximum Gasteiger partial charge on any atom is 0.326 e. The monoisotopic (exact) mass is 505 g/mol. The molecule has 0 aliphatic rings. The molecule has 11 N–H and O–H groups in total. The molecule has 4 amide bonds. The van der Waals surface area contributed by atoms with Gasteiger partial charge in [-0.15, -0.1) is 0 Å². The first kappa shape index (κ1) is 31.2. The minimum Gasteiger partial charge on any atom is -0.481 e. The number of nitrogens with two attached hydrogens (primary N) is 2. The molecule has 0 spiro atoms. The van der Waals surface area contributed by atoms with Crippen molar-refractivity contribution in [2.45, 2.75) is 75.7 Å². The second-order valence-electron chi connectivity index (χ2n) is 7.66. The second-order valence-corrected chi connectivity index (χ2v) is 7.66. The predicted octanol–water partition coefficient (Wildman–Crippen LogP) is -3.77. The number of carbonyl (C=O) groups excluding carboxylic acids is 4. The largest absolute Gasteiger partial charge is 0.481 e. The highest BCUT2D eigenvalue weighted by Crippen LogP contribution is 2.05. The Morgan fingerprint density at radius 3 is 1.63 bits per heavy atom. The number of primary amides is 1. The Morgan fingerprint density at radius 1 is 0.714 bits per heavy atom. The average molecular weight is 505 g/mol. The zero-order chi connectivity index (χ0) is 27.3. The fourth-order valence-corrected chi connectivity index (χ4v) is 2.69. The first-order chi connectivity index (χ1) is 16.1. The summed E-state index contributed by atoms with van der Waals surface area (Å²) in [6.45, 7) is 1.10. The third-order valence-corrected chi connectivity index (χ3v) is 4.64. The van der Waals surface area contributed by atoms with E-state index in [0.29, 0.717) is 0 Å². The summed E-state index contributed by atoms with van der Waals surface area (Å²) in [5, 5.41) is 43.1. The van der Waals surface area contributed by atoms with Gasteiger partial charge in [0, 0.05) is 19.3 Å². The van der Waals surface area contributed by atoms with Gasteiger partial charge in [-0.05, 0) is 26.2 Å². The van der Waals surface area contributed by atoms with E-state index in [4.69, 9.17) is 21.7 Å². The minimum atomic E-state index is -1.73. The fraction of sp³-hybridized carbons (Fsp3) is 0.632. The van der Waals surface area contributed by atoms with Crippen LogP contribution in [0.4, 0.5) is 0 Å². The zero-order valence-corrected chi connectivity index (χ0v) is 18.9. The molecule has 0 heterocycles. The molecule has 5 unspecified atom stereocenters. The van der Waals surface area contributed by atoms with Crippen LogP contribution >= 0.6 is 0 Å². The third-order valence-electron chi connectivity index (χ3n) is 4.64. The molecular formula is C19H31N5O11. The van der Waals surface area contributed by atoms with E-state index in [1.54, 1.807) is 0 Å². The molecule has 0 saturated heterocycles. The normalized spacial score (nSPS) is 14.9. The highest BCUT2D eigenvalue weighted by molar-refractivity contribution is 5.94. The molecule has 0 bridgehead atoms. The number of aliphatic carboxylic acids is 3. The Labute approximate surface area is 199 Å². The lowest BCUT2D eigenvalue weighted by molar-refractivity contribution is -0.144. The lowest BCUT2D eigenvalue weighted by atomic mass is 10.1. The van der Waals surface area contributed by atoms with Crippen LogP contribution in [0.1, 0.15) is 45.4 Å². The number of rotatable bonds is 17. The number of carboxylic acid groups (broad SMARTS) is 3. The molecule has 5 atom stereocenters. The van der Waals surface area contributed by atoms with Crippen molar-refractivity contribution in [3.8, 4) is 0 Å². The lowest BCUT2D eigenvalue weighted by Crippen LogP contribution is -2.59. The molecule has 0 saturated carbocycles. The molecule has 0 rings (SSSR count). The molecule has 16 nitrogen and oxygen atoms in total. The average Bonchev–Trinajstić information content (AvgIpc) is 2.74. The van der Waals surface area contributed by atoms with Crippen molar-refractivity contribution in [3.05, 3.63) is 0 Å². The Hall–Kier alpha value is -3.79. The predicted molar refractivity (Wildman–Crippen MR) is 115 cm³/mol. The Bertz CT molecular complexity index is 817. The molecule has 16 heteroatoms. The summed E-state index contributed by atoms with van der Waals surface area (Å²) in [6, 6.07) is -6.15. The summed E-state index contributed by atoms with van der Waals surface area (Å²) < 4.78 is 0. The fourth-order valence-electron chi connectivity index (χ4n) is 2.69. The summed E-state index contributed by atoms with van der Waals surface area (Å²) in [7, 11) is 0. The smallest absolute Gasteiger partial charge is 0.326 e. The van der Waals surface area contributed by atoms with Crippen molar-refractivity contribution in [1.82, 2.24) is 16.0 Å². The van der Waals surface area contributed by atoms with Gasteiger partial charge in [-0.3, -0.25) is 28.8 Å². The van der Waals surface area contributed by atoms with Crippen LogP contribution < -0.4 is 27.4 Å². The first-order valence-corrected chi connectivity index (χ1v) is 10.4. The van der Waals surface area contributed by atoms with Crippen LogP contribution in [0.2, 0.25) is 0 Å². The van der Waals surface area contributed by atoms with E-state index in [-0.39, 0.29) is 12.8 Å². The van der Waals surface area contributed by atoms with Crippen LogP contribution in [0.25, 0.3) is 0 Å². The van der Waals surface area contributed by atoms with Gasteiger partial charge in [0.15, 0.2) is 0 Å². The maximum atomic E-state index is 12.7. The summed E-state index contributed by atoms with van der Waals surface area (Å²) in [6.07, 6.45) is -4.00. The number of carboxylic acids is 3. The number of hydrogen-bond donors (Lipinski definition) is 9. The highest BCUT2D eigenvalue weighted by Gasteiger charge is 2.33. The molecule has 0 aromatic rings. The molecule has 0 radical (unpaired) electrons. The van der Waals surface area contributed by atoms with E-state index in [1.165, 1.54) is 0 Å². The van der Waals surface area contributed by atoms with E-state index in [0.717, 1.165) is 6.92 Å². The van der Waals surface area contributed by atoms with E-state index in [1.807, 2.05) is 5.32 Å². The summed E-state index contributed by atoms with van der Waals surface area (Å²) in [5.74, 6) is -8.03. The van der Waals surface area contributed by atoms with Gasteiger partial charge in [0.25, 0.3) is 0 Å². The molecule has 0 aliphatic carbocycles. The first-order valence-electron chi connectivity index (χ1n) is 10.4. The number of amides is 4. The highest BCUT2D eigenvalue weighted by atomic mass is 16.4. The Morgan fingerprint density at radius 2 is 1.20 bits per heavy atom. The van der Waals surface area contributed by atoms with Crippen molar-refractivity contribution < 1.29 is 54.0 Å². The van der Waals surface area contributed by atoms with Crippen molar-refractivity contribution in [2.24, 2.45) is 11.5 Å². The van der Waals surface area contributed by atoms with E-state index >= 15 is 0 Å². The Balaban J connectivity index is 5.47. The van der Waals surface area contributed by atoms with Crippen LogP contribution in [0.3, 0.4) is 0 Å². The molecule has 0 fully saturated rings. The third kappa shape index (κ3) is 12.9. The number of carbonyl (C=O) groups is 7. The van der Waals surface area contributed by atoms with E-state index < -0.39 is 97.5 Å². The summed E-state index contributed by atoms with van der Waals surface area (Å²) in [4.78, 5) is 81.3. The van der Waals surface area contributed by atoms with Gasteiger partial charge in [-0.25, -0.2) is 4.79 Å². The molecule has 0 aliphatic heterocycles. The standard InChI is InChI=1S/C19H31N5O11/c1-8(25)15(18(33)23-11(19(34)35)4-7-14(29)30)24-17(32)10(3-6-13(27)28)22-16(31)9(20)2-5-12(21)26/h8-11,15,25H,2-7,20H2,1H3,(H2,21,26)(H,22,31)(H,23,33)(H,24,32)(H,27,28)(H,29,30)(H,34,35). The second kappa shape index (κ2) is 15.2. The number of hydrogen-bond acceptors (Lipinski definition) is 9. The number of aliphatic hydroxyl groups is 1. The molecule has 0 aromatic heterocycles. The van der Waals surface area contributed by atoms with Crippen molar-refractivity contribution in [1.29, 1.82) is 0 Å². The van der Waals surface area contributed by atoms with Gasteiger partial charge in [0.1, 0.15) is 18.1 Å². The Kier molecular flexibility index (Phi) is 13.5. The van der Waals surface area contributed by atoms with Crippen molar-refractivity contribution in [2.75, 3.05) is 0 Å². The molecular weight excluding hydrogens is 474 g/mol. The van der Waals surface area contributed by atoms with Crippen molar-refractivity contribution >= 4 is 41.5 Å². The van der Waals surface area contributed by atoms with Crippen molar-refractivity contribution in [3.63, 3.8) is 0 Å². The van der Waals surface area contributed by atoms with Crippen LogP contribution in [0.5, 0.6) is 0 Å². The van der Waals surface area contributed by atoms with E-state index in [9.17, 15) is 43.8 Å². The van der Waals surface area contributed by atoms with Crippen LogP contribution in [0.15, 0.2) is 0 Å². The van der Waals surface area contributed by atoms with Gasteiger partial charge in [0.2, 0.25) is 23.6 Å². The summed E-state index contributed by atoms with van der Waals surface area (Å²) in [5.41, 5.74) is 10.6. The van der Waals surface area contributed by atoms with Crippen LogP contribution in [-0.4, -0.2) is 92.2 Å². The van der Waals surface area contributed by atoms with E-state index in [2.05, 4.69) is 10.6 Å². The molecule has 0 aromatic carbocycles. The molecule has 198 valence electrons. The lowest BCUT2D eigenvalue weighted by Gasteiger charge is -2.26. The van der Waals surface area contributed by atoms with Gasteiger partial charge < -0.3 is 47.8 Å². The quantitative estimate of drug-likeness (QED) is 0.0920. The molecule has 35 heavy (non-hydrogen) atoms. The zero-order valence-electron chi connectivity index (χ0n) is 18.9.